The van der Waals surface area contributed by atoms with Crippen molar-refractivity contribution in [2.75, 3.05) is 34.5 Å². The van der Waals surface area contributed by atoms with Crippen molar-refractivity contribution in [2.45, 2.75) is 27.2 Å². The molecule has 3 N–H and O–H groups in total. The van der Waals surface area contributed by atoms with Gasteiger partial charge in [-0.1, -0.05) is 6.07 Å². The quantitative estimate of drug-likeness (QED) is 0.258. The Kier molecular flexibility index (Phi) is 7.63. The lowest BCUT2D eigenvalue weighted by molar-refractivity contribution is -0.122. The van der Waals surface area contributed by atoms with Crippen LogP contribution in [0.4, 0.5) is 34.5 Å². The molecule has 5 rings (SSSR count). The van der Waals surface area contributed by atoms with E-state index in [9.17, 15) is 9.59 Å². The maximum Gasteiger partial charge on any atom is 0.229 e. The Bertz CT molecular complexity index is 1540. The van der Waals surface area contributed by atoms with Gasteiger partial charge in [-0.2, -0.15) is 4.98 Å². The summed E-state index contributed by atoms with van der Waals surface area (Å²) in [6.07, 6.45) is 0.190. The molecule has 9 nitrogen and oxygen atoms in total. The molecule has 0 unspecified atom stereocenters. The van der Waals surface area contributed by atoms with E-state index in [0.29, 0.717) is 24.0 Å². The number of aryl methyl sites for hydroxylation is 3. The molecule has 0 radical (unpaired) electrons. The summed E-state index contributed by atoms with van der Waals surface area (Å²) in [7, 11) is 1.63. The van der Waals surface area contributed by atoms with Gasteiger partial charge < -0.3 is 25.6 Å². The standard InChI is InChI=1S/C31H32N6O3/c1-19-5-12-26(15-20(19)2)37-18-22(17-29(37)38)30(39)34-24-6-8-25(9-7-24)35-31-32-21(3)16-28(36-31)33-23-10-13-27(40-4)14-11-23/h5-16,22H,17-18H2,1-4H3,(H,34,39)(H2,32,33,35,36)/t22-/m0/s1. The van der Waals surface area contributed by atoms with Gasteiger partial charge in [0.1, 0.15) is 11.6 Å². The minimum absolute atomic E-state index is 0.0399. The van der Waals surface area contributed by atoms with Crippen molar-refractivity contribution in [1.29, 1.82) is 0 Å². The normalized spacial score (nSPS) is 14.7. The average molecular weight is 537 g/mol. The molecule has 1 aromatic heterocycles. The largest absolute Gasteiger partial charge is 0.497 e. The number of ether oxygens (including phenoxy) is 1. The molecule has 1 aliphatic rings. The van der Waals surface area contributed by atoms with Crippen LogP contribution in [0.3, 0.4) is 0 Å². The molecule has 2 heterocycles. The second kappa shape index (κ2) is 11.4. The number of aromatic nitrogens is 2. The van der Waals surface area contributed by atoms with Crippen molar-refractivity contribution >= 4 is 46.3 Å². The fourth-order valence-electron chi connectivity index (χ4n) is 4.55. The minimum Gasteiger partial charge on any atom is -0.497 e. The lowest BCUT2D eigenvalue weighted by Gasteiger charge is -2.18. The molecule has 1 fully saturated rings. The average Bonchev–Trinajstić information content (AvgIpc) is 3.33. The van der Waals surface area contributed by atoms with Gasteiger partial charge in [0.25, 0.3) is 0 Å². The summed E-state index contributed by atoms with van der Waals surface area (Å²) in [6, 6.07) is 22.7. The van der Waals surface area contributed by atoms with Crippen LogP contribution in [0.15, 0.2) is 72.8 Å². The van der Waals surface area contributed by atoms with E-state index >= 15 is 0 Å². The summed E-state index contributed by atoms with van der Waals surface area (Å²) in [4.78, 5) is 36.4. The maximum absolute atomic E-state index is 13.0. The van der Waals surface area contributed by atoms with E-state index < -0.39 is 5.92 Å². The van der Waals surface area contributed by atoms with Crippen LogP contribution in [0.25, 0.3) is 0 Å². The molecule has 1 aliphatic heterocycles. The van der Waals surface area contributed by atoms with Crippen LogP contribution in [0.2, 0.25) is 0 Å². The maximum atomic E-state index is 13.0. The number of rotatable bonds is 8. The Hall–Kier alpha value is -4.92. The zero-order chi connectivity index (χ0) is 28.2. The summed E-state index contributed by atoms with van der Waals surface area (Å²) >= 11 is 0. The summed E-state index contributed by atoms with van der Waals surface area (Å²) in [6.45, 7) is 6.32. The highest BCUT2D eigenvalue weighted by Crippen LogP contribution is 2.28. The SMILES string of the molecule is COc1ccc(Nc2cc(C)nc(Nc3ccc(NC(=O)[C@H]4CC(=O)N(c5ccc(C)c(C)c5)C4)cc3)n2)cc1. The van der Waals surface area contributed by atoms with Crippen LogP contribution in [0.5, 0.6) is 5.75 Å². The fourth-order valence-corrected chi connectivity index (χ4v) is 4.55. The van der Waals surface area contributed by atoms with Gasteiger partial charge >= 0.3 is 0 Å². The number of nitrogens with zero attached hydrogens (tertiary/aromatic N) is 3. The number of hydrogen-bond acceptors (Lipinski definition) is 7. The van der Waals surface area contributed by atoms with E-state index in [1.165, 1.54) is 5.56 Å². The molecule has 40 heavy (non-hydrogen) atoms. The number of carbonyl (C=O) groups excluding carboxylic acids is 2. The summed E-state index contributed by atoms with van der Waals surface area (Å²) in [5.74, 6) is 1.26. The highest BCUT2D eigenvalue weighted by molar-refractivity contribution is 6.03. The van der Waals surface area contributed by atoms with E-state index in [4.69, 9.17) is 4.74 Å². The molecule has 0 bridgehead atoms. The Balaban J connectivity index is 1.19. The van der Waals surface area contributed by atoms with Crippen LogP contribution in [0, 0.1) is 26.7 Å². The van der Waals surface area contributed by atoms with Gasteiger partial charge in [0.05, 0.1) is 13.0 Å². The fraction of sp³-hybridized carbons (Fsp3) is 0.226. The van der Waals surface area contributed by atoms with Crippen LogP contribution < -0.4 is 25.6 Å². The zero-order valence-electron chi connectivity index (χ0n) is 23.0. The lowest BCUT2D eigenvalue weighted by atomic mass is 10.1. The van der Waals surface area contributed by atoms with E-state index in [1.54, 1.807) is 12.0 Å². The monoisotopic (exact) mass is 536 g/mol. The predicted octanol–water partition coefficient (Wildman–Crippen LogP) is 5.89. The summed E-state index contributed by atoms with van der Waals surface area (Å²) in [5, 5.41) is 9.44. The van der Waals surface area contributed by atoms with E-state index in [1.807, 2.05) is 93.6 Å². The third-order valence-electron chi connectivity index (χ3n) is 6.92. The number of nitrogens with one attached hydrogen (secondary N) is 3. The van der Waals surface area contributed by atoms with Crippen LogP contribution in [0.1, 0.15) is 23.2 Å². The first-order valence-corrected chi connectivity index (χ1v) is 13.1. The number of hydrogen-bond donors (Lipinski definition) is 3. The molecular weight excluding hydrogens is 504 g/mol. The van der Waals surface area contributed by atoms with Crippen molar-refractivity contribution in [3.8, 4) is 5.75 Å². The molecule has 2 amide bonds. The van der Waals surface area contributed by atoms with E-state index in [2.05, 4.69) is 25.9 Å². The van der Waals surface area contributed by atoms with E-state index in [-0.39, 0.29) is 18.2 Å². The number of amides is 2. The first-order valence-electron chi connectivity index (χ1n) is 13.1. The molecule has 0 saturated carbocycles. The smallest absolute Gasteiger partial charge is 0.229 e. The Labute approximate surface area is 233 Å². The van der Waals surface area contributed by atoms with Crippen LogP contribution in [-0.2, 0) is 9.59 Å². The second-order valence-electron chi connectivity index (χ2n) is 9.94. The summed E-state index contributed by atoms with van der Waals surface area (Å²) < 4.78 is 5.21. The van der Waals surface area contributed by atoms with Gasteiger partial charge in [-0.05, 0) is 92.6 Å². The molecule has 1 atom stereocenters. The predicted molar refractivity (Wildman–Crippen MR) is 158 cm³/mol. The molecular formula is C31H32N6O3. The Morgan fingerprint density at radius 3 is 2.23 bits per heavy atom. The highest BCUT2D eigenvalue weighted by atomic mass is 16.5. The first-order chi connectivity index (χ1) is 19.3. The topological polar surface area (TPSA) is 108 Å². The molecule has 3 aromatic carbocycles. The first kappa shape index (κ1) is 26.7. The van der Waals surface area contributed by atoms with Crippen molar-refractivity contribution in [3.05, 3.63) is 89.6 Å². The highest BCUT2D eigenvalue weighted by Gasteiger charge is 2.35. The zero-order valence-corrected chi connectivity index (χ0v) is 23.0. The number of methoxy groups -OCH3 is 1. The number of benzene rings is 3. The number of carbonyl (C=O) groups is 2. The van der Waals surface area contributed by atoms with Gasteiger partial charge in [0.2, 0.25) is 17.8 Å². The van der Waals surface area contributed by atoms with Gasteiger partial charge in [-0.15, -0.1) is 0 Å². The van der Waals surface area contributed by atoms with Crippen molar-refractivity contribution in [3.63, 3.8) is 0 Å². The van der Waals surface area contributed by atoms with Crippen molar-refractivity contribution < 1.29 is 14.3 Å². The molecule has 4 aromatic rings. The van der Waals surface area contributed by atoms with Crippen LogP contribution >= 0.6 is 0 Å². The molecule has 0 spiro atoms. The van der Waals surface area contributed by atoms with Gasteiger partial charge in [0, 0.05) is 47.5 Å². The van der Waals surface area contributed by atoms with Crippen LogP contribution in [-0.4, -0.2) is 35.4 Å². The van der Waals surface area contributed by atoms with Gasteiger partial charge in [-0.3, -0.25) is 9.59 Å². The second-order valence-corrected chi connectivity index (χ2v) is 9.94. The lowest BCUT2D eigenvalue weighted by Crippen LogP contribution is -2.28. The van der Waals surface area contributed by atoms with Crippen molar-refractivity contribution in [1.82, 2.24) is 9.97 Å². The van der Waals surface area contributed by atoms with Crippen molar-refractivity contribution in [2.24, 2.45) is 5.92 Å². The molecule has 1 saturated heterocycles. The Morgan fingerprint density at radius 1 is 0.850 bits per heavy atom. The van der Waals surface area contributed by atoms with Gasteiger partial charge in [-0.25, -0.2) is 4.98 Å². The summed E-state index contributed by atoms with van der Waals surface area (Å²) in [5.41, 5.74) is 6.23. The third kappa shape index (κ3) is 6.20. The minimum atomic E-state index is -0.413. The third-order valence-corrected chi connectivity index (χ3v) is 6.92. The van der Waals surface area contributed by atoms with Gasteiger partial charge in [0.15, 0.2) is 0 Å². The molecule has 9 heteroatoms. The Morgan fingerprint density at radius 2 is 1.52 bits per heavy atom. The van der Waals surface area contributed by atoms with E-state index in [0.717, 1.165) is 34.1 Å². The number of anilines is 6. The molecule has 204 valence electrons. The molecule has 0 aliphatic carbocycles.